The van der Waals surface area contributed by atoms with Crippen LogP contribution in [0.3, 0.4) is 0 Å². The van der Waals surface area contributed by atoms with E-state index < -0.39 is 9.84 Å². The Labute approximate surface area is 203 Å². The van der Waals surface area contributed by atoms with E-state index in [9.17, 15) is 8.42 Å². The number of nitrogens with zero attached hydrogens (tertiary/aromatic N) is 1. The van der Waals surface area contributed by atoms with E-state index in [2.05, 4.69) is 10.3 Å². The molecule has 5 rings (SSSR count). The highest BCUT2D eigenvalue weighted by atomic mass is 32.2. The molecule has 1 aromatic heterocycles. The number of sulfone groups is 1. The maximum atomic E-state index is 13.6. The van der Waals surface area contributed by atoms with E-state index in [1.807, 2.05) is 54.6 Å². The Morgan fingerprint density at radius 3 is 2.43 bits per heavy atom. The summed E-state index contributed by atoms with van der Waals surface area (Å²) in [5.74, 6) is 1.98. The highest BCUT2D eigenvalue weighted by Gasteiger charge is 2.30. The Kier molecular flexibility index (Phi) is 6.33. The zero-order valence-corrected chi connectivity index (χ0v) is 19.9. The van der Waals surface area contributed by atoms with Gasteiger partial charge in [0.05, 0.1) is 12.0 Å². The van der Waals surface area contributed by atoms with E-state index >= 15 is 0 Å². The number of benzene rings is 3. The number of fused-ring (bicyclic) bond motifs is 1. The van der Waals surface area contributed by atoms with Gasteiger partial charge in [-0.15, -0.1) is 0 Å². The number of rotatable bonds is 8. The second kappa shape index (κ2) is 9.71. The second-order valence-corrected chi connectivity index (χ2v) is 9.72. The van der Waals surface area contributed by atoms with Crippen LogP contribution in [0.2, 0.25) is 0 Å². The summed E-state index contributed by atoms with van der Waals surface area (Å²) in [6, 6.07) is 21.4. The number of hydrogen-bond acceptors (Lipinski definition) is 8. The van der Waals surface area contributed by atoms with Crippen LogP contribution in [-0.2, 0) is 16.3 Å². The fraction of sp³-hybridized carbons (Fsp3) is 0.192. The van der Waals surface area contributed by atoms with Crippen LogP contribution in [0.15, 0.2) is 87.1 Å². The van der Waals surface area contributed by atoms with Gasteiger partial charge in [0.25, 0.3) is 0 Å². The van der Waals surface area contributed by atoms with Crippen LogP contribution in [0.4, 0.5) is 5.88 Å². The predicted octanol–water partition coefficient (Wildman–Crippen LogP) is 4.61. The number of ether oxygens (including phenoxy) is 3. The Balaban J connectivity index is 1.45. The van der Waals surface area contributed by atoms with Gasteiger partial charge in [-0.05, 0) is 48.4 Å². The Hall–Kier alpha value is -3.98. The molecule has 1 aliphatic rings. The van der Waals surface area contributed by atoms with Crippen LogP contribution in [0, 0.1) is 0 Å². The molecule has 35 heavy (non-hydrogen) atoms. The summed E-state index contributed by atoms with van der Waals surface area (Å²) in [4.78, 5) is 4.43. The molecular weight excluding hydrogens is 468 g/mol. The van der Waals surface area contributed by atoms with Gasteiger partial charge in [0, 0.05) is 18.2 Å². The smallest absolute Gasteiger partial charge is 0.233 e. The molecule has 0 spiro atoms. The van der Waals surface area contributed by atoms with E-state index in [1.54, 1.807) is 13.2 Å². The molecule has 0 radical (unpaired) electrons. The van der Waals surface area contributed by atoms with E-state index in [4.69, 9.17) is 18.6 Å². The lowest BCUT2D eigenvalue weighted by Crippen LogP contribution is -2.16. The summed E-state index contributed by atoms with van der Waals surface area (Å²) in [5.41, 5.74) is 1.74. The van der Waals surface area contributed by atoms with Crippen molar-refractivity contribution in [2.75, 3.05) is 32.2 Å². The largest absolute Gasteiger partial charge is 0.497 e. The van der Waals surface area contributed by atoms with Crippen molar-refractivity contribution in [2.24, 2.45) is 0 Å². The zero-order chi connectivity index (χ0) is 24.3. The molecule has 0 aliphatic carbocycles. The lowest BCUT2D eigenvalue weighted by atomic mass is 10.1. The third-order valence-electron chi connectivity index (χ3n) is 5.55. The number of anilines is 1. The number of methoxy groups -OCH3 is 1. The van der Waals surface area contributed by atoms with Crippen LogP contribution < -0.4 is 19.5 Å². The Morgan fingerprint density at radius 2 is 1.69 bits per heavy atom. The van der Waals surface area contributed by atoms with E-state index in [0.717, 1.165) is 11.3 Å². The topological polar surface area (TPSA) is 99.9 Å². The second-order valence-electron chi connectivity index (χ2n) is 7.85. The molecule has 0 fully saturated rings. The molecule has 180 valence electrons. The number of nitrogens with one attached hydrogen (secondary N) is 1. The highest BCUT2D eigenvalue weighted by Crippen LogP contribution is 2.37. The average molecular weight is 493 g/mol. The van der Waals surface area contributed by atoms with Gasteiger partial charge in [-0.25, -0.2) is 8.42 Å². The van der Waals surface area contributed by atoms with Crippen molar-refractivity contribution in [3.63, 3.8) is 0 Å². The maximum absolute atomic E-state index is 13.6. The fourth-order valence-corrected chi connectivity index (χ4v) is 5.01. The van der Waals surface area contributed by atoms with Crippen molar-refractivity contribution in [1.29, 1.82) is 0 Å². The molecule has 3 aromatic carbocycles. The van der Waals surface area contributed by atoms with Crippen molar-refractivity contribution in [2.45, 2.75) is 16.3 Å². The molecule has 2 heterocycles. The molecular formula is C26H24N2O6S. The first kappa shape index (κ1) is 22.8. The molecule has 0 unspecified atom stereocenters. The van der Waals surface area contributed by atoms with Gasteiger partial charge < -0.3 is 23.9 Å². The molecule has 0 saturated heterocycles. The third kappa shape index (κ3) is 4.81. The third-order valence-corrected chi connectivity index (χ3v) is 7.21. The summed E-state index contributed by atoms with van der Waals surface area (Å²) in [5, 5.41) is 2.95. The van der Waals surface area contributed by atoms with E-state index in [1.165, 1.54) is 12.1 Å². The van der Waals surface area contributed by atoms with Crippen LogP contribution in [0.5, 0.6) is 17.2 Å². The minimum Gasteiger partial charge on any atom is -0.497 e. The molecule has 0 amide bonds. The molecule has 8 nitrogen and oxygen atoms in total. The van der Waals surface area contributed by atoms with Gasteiger partial charge in [-0.2, -0.15) is 4.98 Å². The van der Waals surface area contributed by atoms with E-state index in [-0.39, 0.29) is 21.7 Å². The van der Waals surface area contributed by atoms with Crippen molar-refractivity contribution in [1.82, 2.24) is 4.98 Å². The molecule has 1 N–H and O–H groups in total. The monoisotopic (exact) mass is 492 g/mol. The van der Waals surface area contributed by atoms with Crippen molar-refractivity contribution in [3.8, 4) is 28.7 Å². The highest BCUT2D eigenvalue weighted by molar-refractivity contribution is 7.91. The number of hydrogen-bond donors (Lipinski definition) is 1. The first-order valence-electron chi connectivity index (χ1n) is 11.1. The Bertz CT molecular complexity index is 1420. The standard InChI is InChI=1S/C26H24N2O6S/c1-31-20-9-7-18(8-10-20)13-14-27-25-26(28-24(34-25)19-5-3-2-4-6-19)35(29,30)21-11-12-22-23(17-21)33-16-15-32-22/h2-12,17,27H,13-16H2,1H3. The molecule has 4 aromatic rings. The van der Waals surface area contributed by atoms with Crippen molar-refractivity contribution in [3.05, 3.63) is 78.4 Å². The fourth-order valence-electron chi connectivity index (χ4n) is 3.72. The van der Waals surface area contributed by atoms with Crippen LogP contribution in [0.1, 0.15) is 5.56 Å². The summed E-state index contributed by atoms with van der Waals surface area (Å²) in [6.45, 7) is 1.22. The van der Waals surface area contributed by atoms with Crippen LogP contribution >= 0.6 is 0 Å². The quantitative estimate of drug-likeness (QED) is 0.381. The molecule has 0 atom stereocenters. The van der Waals surface area contributed by atoms with Gasteiger partial charge in [-0.1, -0.05) is 30.3 Å². The lowest BCUT2D eigenvalue weighted by molar-refractivity contribution is 0.171. The maximum Gasteiger partial charge on any atom is 0.233 e. The lowest BCUT2D eigenvalue weighted by Gasteiger charge is -2.18. The normalized spacial score (nSPS) is 12.8. The van der Waals surface area contributed by atoms with Gasteiger partial charge in [0.15, 0.2) is 11.5 Å². The van der Waals surface area contributed by atoms with E-state index in [0.29, 0.717) is 43.2 Å². The minimum absolute atomic E-state index is 0.0490. The first-order valence-corrected chi connectivity index (χ1v) is 12.6. The SMILES string of the molecule is COc1ccc(CCNc2oc(-c3ccccc3)nc2S(=O)(=O)c2ccc3c(c2)OCCO3)cc1. The van der Waals surface area contributed by atoms with Crippen LogP contribution in [-0.4, -0.2) is 40.3 Å². The molecule has 9 heteroatoms. The zero-order valence-electron chi connectivity index (χ0n) is 19.1. The number of oxazole rings is 1. The van der Waals surface area contributed by atoms with Crippen LogP contribution in [0.25, 0.3) is 11.5 Å². The van der Waals surface area contributed by atoms with Gasteiger partial charge in [0.2, 0.25) is 26.6 Å². The minimum atomic E-state index is -4.01. The first-order chi connectivity index (χ1) is 17.0. The van der Waals surface area contributed by atoms with Gasteiger partial charge in [0.1, 0.15) is 19.0 Å². The summed E-state index contributed by atoms with van der Waals surface area (Å²) < 4.78 is 49.4. The Morgan fingerprint density at radius 1 is 0.943 bits per heavy atom. The average Bonchev–Trinajstić information content (AvgIpc) is 3.34. The predicted molar refractivity (Wildman–Crippen MR) is 130 cm³/mol. The number of aromatic nitrogens is 1. The van der Waals surface area contributed by atoms with Crippen molar-refractivity contribution < 1.29 is 27.0 Å². The molecule has 1 aliphatic heterocycles. The molecule has 0 saturated carbocycles. The van der Waals surface area contributed by atoms with Crippen molar-refractivity contribution >= 4 is 15.7 Å². The molecule has 0 bridgehead atoms. The summed E-state index contributed by atoms with van der Waals surface area (Å²) in [7, 11) is -2.39. The van der Waals surface area contributed by atoms with Gasteiger partial charge >= 0.3 is 0 Å². The summed E-state index contributed by atoms with van der Waals surface area (Å²) in [6.07, 6.45) is 0.648. The summed E-state index contributed by atoms with van der Waals surface area (Å²) >= 11 is 0. The van der Waals surface area contributed by atoms with Gasteiger partial charge in [-0.3, -0.25) is 0 Å².